The zero-order valence-corrected chi connectivity index (χ0v) is 14.2. The first-order valence-corrected chi connectivity index (χ1v) is 7.57. The third kappa shape index (κ3) is 5.00. The summed E-state index contributed by atoms with van der Waals surface area (Å²) in [6.07, 6.45) is 1.37. The van der Waals surface area contributed by atoms with E-state index in [1.54, 1.807) is 27.5 Å². The van der Waals surface area contributed by atoms with Gasteiger partial charge in [-0.1, -0.05) is 12.1 Å². The molecule has 1 aliphatic heterocycles. The van der Waals surface area contributed by atoms with Crippen LogP contribution in [-0.2, 0) is 25.5 Å². The second-order valence-corrected chi connectivity index (χ2v) is 5.56. The van der Waals surface area contributed by atoms with Crippen molar-refractivity contribution in [2.75, 3.05) is 34.5 Å². The lowest BCUT2D eigenvalue weighted by atomic mass is 10.2. The predicted octanol–water partition coefficient (Wildman–Crippen LogP) is 2.06. The van der Waals surface area contributed by atoms with Crippen molar-refractivity contribution in [3.05, 3.63) is 29.8 Å². The Bertz CT molecular complexity index is 488. The molecular formula is C17H25NO5. The Morgan fingerprint density at radius 3 is 2.09 bits per heavy atom. The van der Waals surface area contributed by atoms with Crippen LogP contribution in [0.3, 0.4) is 0 Å². The monoisotopic (exact) mass is 323 g/mol. The summed E-state index contributed by atoms with van der Waals surface area (Å²) in [4.78, 5) is 4.44. The Hall–Kier alpha value is -1.47. The maximum atomic E-state index is 5.93. The van der Waals surface area contributed by atoms with Crippen LogP contribution >= 0.6 is 0 Å². The Balaban J connectivity index is 1.94. The third-order valence-electron chi connectivity index (χ3n) is 3.61. The van der Waals surface area contributed by atoms with Crippen LogP contribution in [0.15, 0.2) is 29.3 Å². The summed E-state index contributed by atoms with van der Waals surface area (Å²) >= 11 is 0. The summed E-state index contributed by atoms with van der Waals surface area (Å²) in [5, 5.41) is 0. The zero-order valence-electron chi connectivity index (χ0n) is 14.2. The van der Waals surface area contributed by atoms with E-state index in [4.69, 9.17) is 23.7 Å². The number of ether oxygens (including phenoxy) is 5. The number of hydrogen-bond donors (Lipinski definition) is 0. The van der Waals surface area contributed by atoms with Crippen molar-refractivity contribution >= 4 is 6.21 Å². The zero-order chi connectivity index (χ0) is 16.7. The first kappa shape index (κ1) is 17.9. The van der Waals surface area contributed by atoms with E-state index in [1.807, 2.05) is 31.2 Å². The van der Waals surface area contributed by atoms with Gasteiger partial charge in [0, 0.05) is 14.2 Å². The molecule has 1 aromatic carbocycles. The molecule has 1 aromatic rings. The molecule has 0 unspecified atom stereocenters. The van der Waals surface area contributed by atoms with Crippen LogP contribution in [0.4, 0.5) is 0 Å². The quantitative estimate of drug-likeness (QED) is 0.685. The molecule has 0 aromatic heterocycles. The van der Waals surface area contributed by atoms with Crippen LogP contribution in [0.25, 0.3) is 0 Å². The highest BCUT2D eigenvalue weighted by Gasteiger charge is 2.43. The Labute approximate surface area is 137 Å². The Morgan fingerprint density at radius 2 is 1.61 bits per heavy atom. The van der Waals surface area contributed by atoms with E-state index >= 15 is 0 Å². The van der Waals surface area contributed by atoms with E-state index in [1.165, 1.54) is 0 Å². The van der Waals surface area contributed by atoms with E-state index in [2.05, 4.69) is 4.99 Å². The molecule has 0 saturated carbocycles. The van der Waals surface area contributed by atoms with E-state index in [0.29, 0.717) is 19.8 Å². The second-order valence-electron chi connectivity index (χ2n) is 5.56. The summed E-state index contributed by atoms with van der Waals surface area (Å²) in [7, 11) is 4.93. The van der Waals surface area contributed by atoms with Crippen LogP contribution < -0.4 is 4.74 Å². The van der Waals surface area contributed by atoms with E-state index in [-0.39, 0.29) is 12.2 Å². The second kappa shape index (κ2) is 8.40. The molecule has 0 amide bonds. The summed E-state index contributed by atoms with van der Waals surface area (Å²) in [5.41, 5.74) is 1.09. The van der Waals surface area contributed by atoms with Crippen molar-refractivity contribution < 1.29 is 23.7 Å². The fourth-order valence-electron chi connectivity index (χ4n) is 2.50. The van der Waals surface area contributed by atoms with E-state index in [9.17, 15) is 0 Å². The van der Waals surface area contributed by atoms with Gasteiger partial charge in [-0.25, -0.2) is 0 Å². The van der Waals surface area contributed by atoms with Crippen molar-refractivity contribution in [2.45, 2.75) is 31.5 Å². The molecule has 1 heterocycles. The topological polar surface area (TPSA) is 58.5 Å². The fourth-order valence-corrected chi connectivity index (χ4v) is 2.50. The molecule has 1 fully saturated rings. The number of hydrogen-bond acceptors (Lipinski definition) is 6. The number of methoxy groups -OCH3 is 3. The van der Waals surface area contributed by atoms with Gasteiger partial charge in [0.1, 0.15) is 18.0 Å². The lowest BCUT2D eigenvalue weighted by molar-refractivity contribution is -0.109. The van der Waals surface area contributed by atoms with Gasteiger partial charge in [0.15, 0.2) is 0 Å². The lowest BCUT2D eigenvalue weighted by Gasteiger charge is -2.18. The first-order valence-electron chi connectivity index (χ1n) is 7.57. The van der Waals surface area contributed by atoms with Crippen molar-refractivity contribution in [2.24, 2.45) is 4.99 Å². The highest BCUT2D eigenvalue weighted by molar-refractivity contribution is 5.66. The van der Waals surface area contributed by atoms with Crippen LogP contribution in [0.1, 0.15) is 12.5 Å². The molecule has 128 valence electrons. The molecule has 6 heteroatoms. The normalized spacial score (nSPS) is 23.5. The highest BCUT2D eigenvalue weighted by Crippen LogP contribution is 2.28. The minimum absolute atomic E-state index is 0.169. The smallest absolute Gasteiger partial charge is 0.202 e. The van der Waals surface area contributed by atoms with Gasteiger partial charge in [0.25, 0.3) is 0 Å². The average molecular weight is 323 g/mol. The van der Waals surface area contributed by atoms with Gasteiger partial charge in [0.05, 0.1) is 33.1 Å². The molecule has 23 heavy (non-hydrogen) atoms. The molecular weight excluding hydrogens is 298 g/mol. The Kier molecular flexibility index (Phi) is 6.53. The van der Waals surface area contributed by atoms with Gasteiger partial charge in [-0.2, -0.15) is 0 Å². The Morgan fingerprint density at radius 1 is 1.04 bits per heavy atom. The van der Waals surface area contributed by atoms with E-state index in [0.717, 1.165) is 11.3 Å². The van der Waals surface area contributed by atoms with Gasteiger partial charge < -0.3 is 23.7 Å². The number of aliphatic imine (C=N–C) groups is 1. The molecule has 0 radical (unpaired) electrons. The summed E-state index contributed by atoms with van der Waals surface area (Å²) < 4.78 is 27.4. The maximum Gasteiger partial charge on any atom is 0.202 e. The fraction of sp³-hybridized carbons (Fsp3) is 0.588. The van der Waals surface area contributed by atoms with Crippen molar-refractivity contribution in [1.82, 2.24) is 0 Å². The predicted molar refractivity (Wildman–Crippen MR) is 87.1 cm³/mol. The van der Waals surface area contributed by atoms with Gasteiger partial charge >= 0.3 is 0 Å². The van der Waals surface area contributed by atoms with Crippen molar-refractivity contribution in [3.8, 4) is 5.75 Å². The van der Waals surface area contributed by atoms with Gasteiger partial charge in [-0.05, 0) is 24.6 Å². The first-order chi connectivity index (χ1) is 11.1. The minimum Gasteiger partial charge on any atom is -0.497 e. The van der Waals surface area contributed by atoms with Gasteiger partial charge in [-0.3, -0.25) is 4.99 Å². The standard InChI is InChI=1S/C17H25NO5/c1-17(22-15(10-19-2)16(23-17)11-20-3)12-18-9-13-5-7-14(21-4)8-6-13/h5-8,12,15-16H,9-11H2,1-4H3/t15-,16-/m0/s1. The number of nitrogens with zero attached hydrogens (tertiary/aromatic N) is 1. The molecule has 2 rings (SSSR count). The molecule has 1 aliphatic rings. The van der Waals surface area contributed by atoms with E-state index < -0.39 is 5.79 Å². The molecule has 0 aliphatic carbocycles. The summed E-state index contributed by atoms with van der Waals surface area (Å²) in [6.45, 7) is 3.31. The SMILES string of the molecule is COC[C@@H]1OC(C)(C=NCc2ccc(OC)cc2)O[C@H]1COC. The molecule has 0 N–H and O–H groups in total. The van der Waals surface area contributed by atoms with Gasteiger partial charge in [0.2, 0.25) is 5.79 Å². The van der Waals surface area contributed by atoms with Crippen LogP contribution in [0.2, 0.25) is 0 Å². The van der Waals surface area contributed by atoms with Crippen molar-refractivity contribution in [1.29, 1.82) is 0 Å². The average Bonchev–Trinajstić information content (AvgIpc) is 2.85. The third-order valence-corrected chi connectivity index (χ3v) is 3.61. The lowest BCUT2D eigenvalue weighted by Crippen LogP contribution is -2.30. The molecule has 6 nitrogen and oxygen atoms in total. The number of benzene rings is 1. The summed E-state index contributed by atoms with van der Waals surface area (Å²) in [5.74, 6) is -0.0317. The van der Waals surface area contributed by atoms with Crippen LogP contribution in [0.5, 0.6) is 5.75 Å². The molecule has 0 spiro atoms. The van der Waals surface area contributed by atoms with Gasteiger partial charge in [-0.15, -0.1) is 0 Å². The largest absolute Gasteiger partial charge is 0.497 e. The highest BCUT2D eigenvalue weighted by atomic mass is 16.8. The maximum absolute atomic E-state index is 5.93. The molecule has 1 saturated heterocycles. The minimum atomic E-state index is -0.862. The van der Waals surface area contributed by atoms with Crippen molar-refractivity contribution in [3.63, 3.8) is 0 Å². The van der Waals surface area contributed by atoms with Crippen LogP contribution in [0, 0.1) is 0 Å². The molecule has 2 atom stereocenters. The molecule has 0 bridgehead atoms. The number of rotatable bonds is 8. The summed E-state index contributed by atoms with van der Waals surface area (Å²) in [6, 6.07) is 7.80. The van der Waals surface area contributed by atoms with Crippen LogP contribution in [-0.4, -0.2) is 58.8 Å².